The van der Waals surface area contributed by atoms with Gasteiger partial charge in [-0.15, -0.1) is 0 Å². The minimum atomic E-state index is -1.70. The molecule has 5 amide bonds. The second kappa shape index (κ2) is 4.68. The van der Waals surface area contributed by atoms with E-state index in [0.717, 1.165) is 14.8 Å². The number of imide groups is 1. The molecular formula is C10H14N6O5. The summed E-state index contributed by atoms with van der Waals surface area (Å²) < 4.78 is 0. The molecule has 0 spiro atoms. The van der Waals surface area contributed by atoms with Crippen molar-refractivity contribution in [2.75, 3.05) is 27.7 Å². The molecule has 2 aliphatic rings. The van der Waals surface area contributed by atoms with E-state index in [2.05, 4.69) is 10.4 Å². The Bertz CT molecular complexity index is 574. The summed E-state index contributed by atoms with van der Waals surface area (Å²) >= 11 is 0. The molecule has 1 saturated heterocycles. The fraction of sp³-hybridized carbons (Fsp3) is 0.600. The molecule has 0 radical (unpaired) electrons. The first-order chi connectivity index (χ1) is 9.70. The monoisotopic (exact) mass is 298 g/mol. The number of fused-ring (bicyclic) bond motifs is 1. The van der Waals surface area contributed by atoms with Crippen LogP contribution in [-0.4, -0.2) is 76.8 Å². The maximum atomic E-state index is 12.4. The maximum Gasteiger partial charge on any atom is 0.338 e. The summed E-state index contributed by atoms with van der Waals surface area (Å²) in [7, 11) is 3.98. The normalized spacial score (nSPS) is 25.6. The highest BCUT2D eigenvalue weighted by Gasteiger charge is 2.57. The summed E-state index contributed by atoms with van der Waals surface area (Å²) in [6, 6.07) is -1.30. The van der Waals surface area contributed by atoms with Gasteiger partial charge in [-0.1, -0.05) is 0 Å². The van der Waals surface area contributed by atoms with Crippen LogP contribution in [-0.2, 0) is 4.79 Å². The van der Waals surface area contributed by atoms with E-state index >= 15 is 0 Å². The number of hydrogen-bond donors (Lipinski definition) is 1. The van der Waals surface area contributed by atoms with Crippen LogP contribution in [0, 0.1) is 10.1 Å². The number of urea groups is 2. The average molecular weight is 298 g/mol. The predicted octanol–water partition coefficient (Wildman–Crippen LogP) is -1.12. The van der Waals surface area contributed by atoms with Crippen LogP contribution in [0.15, 0.2) is 5.10 Å². The van der Waals surface area contributed by atoms with Crippen LogP contribution in [0.1, 0.15) is 6.42 Å². The zero-order valence-corrected chi connectivity index (χ0v) is 11.7. The Morgan fingerprint density at radius 3 is 2.43 bits per heavy atom. The first-order valence-electron chi connectivity index (χ1n) is 6.03. The highest BCUT2D eigenvalue weighted by molar-refractivity contribution is 6.25. The minimum Gasteiger partial charge on any atom is -0.315 e. The number of amidine groups is 1. The van der Waals surface area contributed by atoms with E-state index in [4.69, 9.17) is 0 Å². The molecule has 11 nitrogen and oxygen atoms in total. The van der Waals surface area contributed by atoms with Crippen LogP contribution < -0.4 is 5.32 Å². The van der Waals surface area contributed by atoms with E-state index in [1.165, 1.54) is 21.1 Å². The molecule has 0 aromatic rings. The molecule has 11 heteroatoms. The number of nitro groups is 1. The number of carbonyl (C=O) groups is 3. The van der Waals surface area contributed by atoms with Crippen molar-refractivity contribution in [1.82, 2.24) is 20.1 Å². The van der Waals surface area contributed by atoms with Gasteiger partial charge < -0.3 is 5.32 Å². The summed E-state index contributed by atoms with van der Waals surface area (Å²) in [4.78, 5) is 48.1. The fourth-order valence-corrected chi connectivity index (χ4v) is 2.32. The topological polar surface area (TPSA) is 128 Å². The summed E-state index contributed by atoms with van der Waals surface area (Å²) in [5, 5.41) is 17.9. The third kappa shape index (κ3) is 2.06. The molecule has 1 N–H and O–H groups in total. The number of rotatable bonds is 3. The lowest BCUT2D eigenvalue weighted by molar-refractivity contribution is -0.481. The third-order valence-electron chi connectivity index (χ3n) is 3.47. The average Bonchev–Trinajstić information content (AvgIpc) is 2.43. The lowest BCUT2D eigenvalue weighted by Gasteiger charge is -2.46. The number of hydrogen-bond acceptors (Lipinski definition) is 6. The van der Waals surface area contributed by atoms with Gasteiger partial charge in [0.05, 0.1) is 6.42 Å². The second-order valence-electron chi connectivity index (χ2n) is 4.79. The van der Waals surface area contributed by atoms with Crippen molar-refractivity contribution in [2.45, 2.75) is 12.0 Å². The number of amides is 5. The van der Waals surface area contributed by atoms with Gasteiger partial charge in [-0.3, -0.25) is 24.7 Å². The summed E-state index contributed by atoms with van der Waals surface area (Å²) in [5.41, 5.74) is -1.70. The van der Waals surface area contributed by atoms with Crippen molar-refractivity contribution in [3.63, 3.8) is 0 Å². The van der Waals surface area contributed by atoms with Crippen LogP contribution in [0.4, 0.5) is 9.59 Å². The van der Waals surface area contributed by atoms with Gasteiger partial charge in [-0.25, -0.2) is 14.6 Å². The standard InChI is InChI=1S/C10H14N6O5/c1-13-6-10(4-5-16(20)21,7(17)14(2)9(13)19)11-8(18)15(3)12-6/h4-5H2,1-3H3,(H,11,18). The number of nitrogens with one attached hydrogen (secondary N) is 1. The Labute approximate surface area is 119 Å². The van der Waals surface area contributed by atoms with Crippen LogP contribution in [0.2, 0.25) is 0 Å². The lowest BCUT2D eigenvalue weighted by Crippen LogP contribution is -2.76. The van der Waals surface area contributed by atoms with Gasteiger partial charge in [-0.05, 0) is 0 Å². The van der Waals surface area contributed by atoms with Crippen molar-refractivity contribution in [1.29, 1.82) is 0 Å². The fourth-order valence-electron chi connectivity index (χ4n) is 2.32. The van der Waals surface area contributed by atoms with Crippen LogP contribution in [0.25, 0.3) is 0 Å². The van der Waals surface area contributed by atoms with E-state index in [1.807, 2.05) is 0 Å². The van der Waals surface area contributed by atoms with Gasteiger partial charge >= 0.3 is 12.1 Å². The lowest BCUT2D eigenvalue weighted by atomic mass is 9.88. The van der Waals surface area contributed by atoms with Crippen molar-refractivity contribution >= 4 is 23.8 Å². The predicted molar refractivity (Wildman–Crippen MR) is 68.9 cm³/mol. The molecule has 2 heterocycles. The molecule has 1 fully saturated rings. The number of hydrazone groups is 1. The largest absolute Gasteiger partial charge is 0.338 e. The van der Waals surface area contributed by atoms with Crippen LogP contribution in [0.5, 0.6) is 0 Å². The Morgan fingerprint density at radius 2 is 1.86 bits per heavy atom. The van der Waals surface area contributed by atoms with Crippen LogP contribution >= 0.6 is 0 Å². The SMILES string of the molecule is CN1N=C2N(C)C(=O)N(C)C(=O)C2(CC[N+](=O)[O-])NC1=O. The number of likely N-dealkylation sites (N-methyl/N-ethyl adjacent to an activating group) is 2. The first kappa shape index (κ1) is 14.7. The Morgan fingerprint density at radius 1 is 1.24 bits per heavy atom. The first-order valence-corrected chi connectivity index (χ1v) is 6.03. The van der Waals surface area contributed by atoms with Gasteiger partial charge in [0.2, 0.25) is 6.54 Å². The molecule has 21 heavy (non-hydrogen) atoms. The van der Waals surface area contributed by atoms with Gasteiger partial charge in [0, 0.05) is 26.1 Å². The highest BCUT2D eigenvalue weighted by atomic mass is 16.6. The zero-order chi connectivity index (χ0) is 15.9. The van der Waals surface area contributed by atoms with E-state index in [9.17, 15) is 24.5 Å². The van der Waals surface area contributed by atoms with Gasteiger partial charge in [0.25, 0.3) is 5.91 Å². The van der Waals surface area contributed by atoms with Gasteiger partial charge in [-0.2, -0.15) is 5.10 Å². The highest BCUT2D eigenvalue weighted by Crippen LogP contribution is 2.27. The number of carbonyl (C=O) groups excluding carboxylic acids is 3. The molecular weight excluding hydrogens is 284 g/mol. The molecule has 114 valence electrons. The van der Waals surface area contributed by atoms with Gasteiger partial charge in [0.1, 0.15) is 0 Å². The summed E-state index contributed by atoms with van der Waals surface area (Å²) in [6.07, 6.45) is -0.292. The molecule has 1 unspecified atom stereocenters. The Kier molecular flexibility index (Phi) is 3.27. The molecule has 1 atom stereocenters. The third-order valence-corrected chi connectivity index (χ3v) is 3.47. The van der Waals surface area contributed by atoms with E-state index in [1.54, 1.807) is 0 Å². The Balaban J connectivity index is 2.54. The summed E-state index contributed by atoms with van der Waals surface area (Å²) in [5.74, 6) is -0.771. The maximum absolute atomic E-state index is 12.4. The second-order valence-corrected chi connectivity index (χ2v) is 4.79. The molecule has 0 aliphatic carbocycles. The van der Waals surface area contributed by atoms with E-state index in [0.29, 0.717) is 0 Å². The van der Waals surface area contributed by atoms with Crippen molar-refractivity contribution < 1.29 is 19.3 Å². The molecule has 0 saturated carbocycles. The summed E-state index contributed by atoms with van der Waals surface area (Å²) in [6.45, 7) is -0.551. The van der Waals surface area contributed by atoms with E-state index in [-0.39, 0.29) is 12.3 Å². The zero-order valence-electron chi connectivity index (χ0n) is 11.7. The molecule has 0 bridgehead atoms. The van der Waals surface area contributed by atoms with Gasteiger partial charge in [0.15, 0.2) is 11.4 Å². The molecule has 2 rings (SSSR count). The number of nitrogens with zero attached hydrogens (tertiary/aromatic N) is 5. The Hall–Kier alpha value is -2.72. The van der Waals surface area contributed by atoms with E-state index < -0.39 is 35.0 Å². The van der Waals surface area contributed by atoms with Crippen molar-refractivity contribution in [2.24, 2.45) is 5.10 Å². The van der Waals surface area contributed by atoms with Crippen molar-refractivity contribution in [3.8, 4) is 0 Å². The molecule has 0 aromatic carbocycles. The smallest absolute Gasteiger partial charge is 0.315 e. The van der Waals surface area contributed by atoms with Crippen molar-refractivity contribution in [3.05, 3.63) is 10.1 Å². The molecule has 2 aliphatic heterocycles. The quantitative estimate of drug-likeness (QED) is 0.521. The minimum absolute atomic E-state index is 0.0282. The van der Waals surface area contributed by atoms with Crippen LogP contribution in [0.3, 0.4) is 0 Å². The molecule has 0 aromatic heterocycles.